The maximum absolute atomic E-state index is 13.7. The number of fused-ring (bicyclic) bond motifs is 5. The molecule has 1 aromatic rings. The Morgan fingerprint density at radius 3 is 1.98 bits per heavy atom. The largest absolute Gasteiger partial charge is 0.508 e. The molecule has 20 unspecified atom stereocenters. The number of ether oxygens (including phenoxy) is 9. The number of Topliss-reactive ketones (excluding diaryl/α,β-unsaturated/α-hetero) is 1. The average molecular weight is 919 g/mol. The van der Waals surface area contributed by atoms with Gasteiger partial charge in [0.25, 0.3) is 0 Å². The Morgan fingerprint density at radius 2 is 1.35 bits per heavy atom. The van der Waals surface area contributed by atoms with Gasteiger partial charge in [-0.15, -0.1) is 0 Å². The van der Waals surface area contributed by atoms with Crippen molar-refractivity contribution >= 4 is 11.8 Å². The fourth-order valence-corrected chi connectivity index (χ4v) is 13.0. The maximum atomic E-state index is 13.7. The summed E-state index contributed by atoms with van der Waals surface area (Å²) in [5.74, 6) is -1.98. The second kappa shape index (κ2) is 18.0. The van der Waals surface area contributed by atoms with E-state index < -0.39 is 125 Å². The van der Waals surface area contributed by atoms with Crippen molar-refractivity contribution in [2.75, 3.05) is 14.2 Å². The van der Waals surface area contributed by atoms with Gasteiger partial charge in [0.05, 0.1) is 53.7 Å². The molecule has 4 aliphatic carbocycles. The predicted octanol–water partition coefficient (Wildman–Crippen LogP) is 3.35. The molecule has 17 nitrogen and oxygen atoms in total. The number of hydrogen-bond acceptors (Lipinski definition) is 17. The minimum absolute atomic E-state index is 0.0342. The van der Waals surface area contributed by atoms with Crippen molar-refractivity contribution < 1.29 is 82.9 Å². The fraction of sp³-hybridized carbons (Fsp3) is 0.792. The number of carbonyl (C=O) groups is 2. The van der Waals surface area contributed by atoms with Gasteiger partial charge in [0.1, 0.15) is 47.0 Å². The molecule has 7 aliphatic rings. The van der Waals surface area contributed by atoms with E-state index >= 15 is 0 Å². The van der Waals surface area contributed by atoms with Crippen LogP contribution in [0.5, 0.6) is 5.75 Å². The number of benzene rings is 1. The first kappa shape index (κ1) is 48.8. The summed E-state index contributed by atoms with van der Waals surface area (Å²) in [6, 6.07) is 5.55. The van der Waals surface area contributed by atoms with Gasteiger partial charge in [0, 0.05) is 39.4 Å². The van der Waals surface area contributed by atoms with Crippen LogP contribution in [-0.4, -0.2) is 159 Å². The van der Waals surface area contributed by atoms with Crippen molar-refractivity contribution in [2.24, 2.45) is 16.7 Å². The van der Waals surface area contributed by atoms with Crippen LogP contribution in [0.25, 0.3) is 0 Å². The second-order valence-electron chi connectivity index (χ2n) is 20.3. The molecule has 3 heterocycles. The summed E-state index contributed by atoms with van der Waals surface area (Å²) in [5.41, 5.74) is -7.13. The number of hydrogen-bond donors (Lipinski definition) is 6. The van der Waals surface area contributed by atoms with Crippen molar-refractivity contribution in [1.82, 2.24) is 0 Å². The van der Waals surface area contributed by atoms with Crippen LogP contribution in [0, 0.1) is 16.7 Å². The van der Waals surface area contributed by atoms with Crippen LogP contribution in [0.4, 0.5) is 0 Å². The Bertz CT molecular complexity index is 1920. The number of carbonyl (C=O) groups excluding carboxylic acids is 2. The van der Waals surface area contributed by atoms with Crippen molar-refractivity contribution in [3.05, 3.63) is 41.5 Å². The molecule has 0 radical (unpaired) electrons. The van der Waals surface area contributed by atoms with E-state index in [4.69, 9.17) is 42.6 Å². The van der Waals surface area contributed by atoms with Gasteiger partial charge in [-0.05, 0) is 109 Å². The topological polar surface area (TPSA) is 239 Å². The molecule has 6 N–H and O–H groups in total. The lowest BCUT2D eigenvalue weighted by Crippen LogP contribution is -2.78. The number of aliphatic hydroxyl groups is 5. The summed E-state index contributed by atoms with van der Waals surface area (Å²) in [5, 5.41) is 69.5. The van der Waals surface area contributed by atoms with Crippen LogP contribution in [0.1, 0.15) is 116 Å². The first-order valence-electron chi connectivity index (χ1n) is 23.3. The predicted molar refractivity (Wildman–Crippen MR) is 228 cm³/mol. The number of ketones is 1. The first-order chi connectivity index (χ1) is 30.6. The van der Waals surface area contributed by atoms with Gasteiger partial charge in [-0.1, -0.05) is 18.6 Å². The molecule has 65 heavy (non-hydrogen) atoms. The van der Waals surface area contributed by atoms with Gasteiger partial charge < -0.3 is 73.3 Å². The molecule has 1 aromatic carbocycles. The van der Waals surface area contributed by atoms with Crippen LogP contribution in [0.15, 0.2) is 35.9 Å². The van der Waals surface area contributed by atoms with Crippen LogP contribution in [-0.2, 0) is 47.4 Å². The highest BCUT2D eigenvalue weighted by molar-refractivity contribution is 5.90. The van der Waals surface area contributed by atoms with E-state index in [0.717, 1.165) is 5.57 Å². The number of rotatable bonds is 11. The van der Waals surface area contributed by atoms with Gasteiger partial charge in [-0.3, -0.25) is 4.79 Å². The molecule has 3 aliphatic heterocycles. The third kappa shape index (κ3) is 8.11. The Hall–Kier alpha value is -2.62. The lowest BCUT2D eigenvalue weighted by atomic mass is 9.42. The number of esters is 1. The second-order valence-corrected chi connectivity index (χ2v) is 20.3. The number of aromatic hydroxyl groups is 1. The fourth-order valence-electron chi connectivity index (χ4n) is 13.0. The average Bonchev–Trinajstić information content (AvgIpc) is 3.49. The summed E-state index contributed by atoms with van der Waals surface area (Å²) >= 11 is 0. The van der Waals surface area contributed by atoms with E-state index in [0.29, 0.717) is 32.1 Å². The zero-order valence-electron chi connectivity index (χ0n) is 38.8. The molecule has 17 heteroatoms. The van der Waals surface area contributed by atoms with E-state index in [1.807, 2.05) is 19.9 Å². The highest BCUT2D eigenvalue weighted by atomic mass is 16.7. The lowest BCUT2D eigenvalue weighted by molar-refractivity contribution is -0.337. The molecular weight excluding hydrogens is 849 g/mol. The zero-order chi connectivity index (χ0) is 47.0. The Balaban J connectivity index is 0.915. The highest BCUT2D eigenvalue weighted by Gasteiger charge is 2.81. The standard InChI is InChI=1S/C48H70O17/c1-24-40(52)33(57-7)21-38(59-24)65-42-26(3)61-39(22-34(42)58-8)64-41-25(2)60-37(20-32(41)51)62-31-14-15-44(5)29(19-31)13-16-47(55)35(44)23-36(63-43(53)28-9-11-30(50)12-10-28)45(6)46(54,27(4)49)17-18-48(45,47)56/h9-13,24-26,31-42,50-52,54-56H,14-23H2,1-8H3. The van der Waals surface area contributed by atoms with Gasteiger partial charge in [0.15, 0.2) is 24.7 Å². The molecule has 0 aromatic heterocycles. The molecular formula is C48H70O17. The van der Waals surface area contributed by atoms with Crippen molar-refractivity contribution in [1.29, 1.82) is 0 Å². The molecule has 364 valence electrons. The molecule has 8 rings (SSSR count). The Morgan fingerprint density at radius 1 is 0.754 bits per heavy atom. The van der Waals surface area contributed by atoms with Crippen LogP contribution < -0.4 is 0 Å². The number of aliphatic hydroxyl groups excluding tert-OH is 2. The quantitative estimate of drug-likeness (QED) is 0.138. The summed E-state index contributed by atoms with van der Waals surface area (Å²) in [6.45, 7) is 10.3. The zero-order valence-corrected chi connectivity index (χ0v) is 38.8. The normalized spacial score (nSPS) is 48.6. The number of phenolic OH excluding ortho intramolecular Hbond substituents is 1. The van der Waals surface area contributed by atoms with Gasteiger partial charge in [-0.25, -0.2) is 4.79 Å². The summed E-state index contributed by atoms with van der Waals surface area (Å²) in [7, 11) is 3.14. The smallest absolute Gasteiger partial charge is 0.338 e. The SMILES string of the molecule is COC1CC(OC2C(C)OC(OC3C(O)CC(OC4CCC5(C)C(=CCC6(O)C5CC(OC(=O)c5ccc(O)cc5)C5(C)C(O)(C(C)=O)CCC65O)C4)OC3C)CC2OC)OC(C)C1O. The van der Waals surface area contributed by atoms with Crippen molar-refractivity contribution in [3.8, 4) is 5.75 Å². The minimum atomic E-state index is -2.08. The monoisotopic (exact) mass is 918 g/mol. The van der Waals surface area contributed by atoms with E-state index in [2.05, 4.69) is 6.92 Å². The van der Waals surface area contributed by atoms with Crippen molar-refractivity contribution in [2.45, 2.75) is 209 Å². The third-order valence-corrected chi connectivity index (χ3v) is 17.0. The Kier molecular flexibility index (Phi) is 13.5. The maximum Gasteiger partial charge on any atom is 0.338 e. The summed E-state index contributed by atoms with van der Waals surface area (Å²) in [6.07, 6.45) is -4.56. The van der Waals surface area contributed by atoms with Crippen molar-refractivity contribution in [3.63, 3.8) is 0 Å². The van der Waals surface area contributed by atoms with E-state index in [-0.39, 0.29) is 49.5 Å². The van der Waals surface area contributed by atoms with Gasteiger partial charge in [0.2, 0.25) is 0 Å². The molecule has 3 saturated carbocycles. The molecule has 0 bridgehead atoms. The van der Waals surface area contributed by atoms with Gasteiger partial charge in [-0.2, -0.15) is 0 Å². The lowest BCUT2D eigenvalue weighted by Gasteiger charge is -2.67. The molecule has 6 fully saturated rings. The summed E-state index contributed by atoms with van der Waals surface area (Å²) in [4.78, 5) is 26.9. The third-order valence-electron chi connectivity index (χ3n) is 17.0. The molecule has 0 amide bonds. The number of methoxy groups -OCH3 is 2. The molecule has 0 spiro atoms. The van der Waals surface area contributed by atoms with Gasteiger partial charge >= 0.3 is 5.97 Å². The van der Waals surface area contributed by atoms with E-state index in [1.165, 1.54) is 31.2 Å². The molecule has 20 atom stereocenters. The molecule has 3 saturated heterocycles. The Labute approximate surface area is 380 Å². The number of phenols is 1. The van der Waals surface area contributed by atoms with E-state index in [1.54, 1.807) is 28.1 Å². The van der Waals surface area contributed by atoms with E-state index in [9.17, 15) is 40.2 Å². The van der Waals surface area contributed by atoms with Crippen LogP contribution in [0.2, 0.25) is 0 Å². The minimum Gasteiger partial charge on any atom is -0.508 e. The van der Waals surface area contributed by atoms with Crippen LogP contribution >= 0.6 is 0 Å². The van der Waals surface area contributed by atoms with Crippen LogP contribution in [0.3, 0.4) is 0 Å². The highest BCUT2D eigenvalue weighted by Crippen LogP contribution is 2.71. The first-order valence-corrected chi connectivity index (χ1v) is 23.3. The summed E-state index contributed by atoms with van der Waals surface area (Å²) < 4.78 is 55.3.